The molecule has 160 valence electrons. The molecule has 0 spiro atoms. The molecule has 4 rings (SSSR count). The van der Waals surface area contributed by atoms with E-state index in [0.717, 1.165) is 54.6 Å². The molecule has 0 atom stereocenters. The minimum Gasteiger partial charge on any atom is -0.369 e. The van der Waals surface area contributed by atoms with Gasteiger partial charge in [0, 0.05) is 28.6 Å². The highest BCUT2D eigenvalue weighted by atomic mass is 35.5. The van der Waals surface area contributed by atoms with E-state index < -0.39 is 0 Å². The first-order valence-corrected chi connectivity index (χ1v) is 10.8. The normalized spacial score (nSPS) is 15.2. The predicted octanol–water partition coefficient (Wildman–Crippen LogP) is 4.15. The van der Waals surface area contributed by atoms with Crippen molar-refractivity contribution in [3.05, 3.63) is 70.4 Å². The number of carbonyl (C=O) groups is 2. The molecule has 2 amide bonds. The van der Waals surface area contributed by atoms with E-state index in [1.54, 1.807) is 6.07 Å². The van der Waals surface area contributed by atoms with Gasteiger partial charge >= 0.3 is 0 Å². The number of nitrogens with zero attached hydrogens (tertiary/aromatic N) is 2. The number of likely N-dealkylation sites (tertiary alicyclic amines) is 1. The van der Waals surface area contributed by atoms with Crippen molar-refractivity contribution in [1.29, 1.82) is 0 Å². The molecule has 0 saturated carbocycles. The van der Waals surface area contributed by atoms with E-state index in [1.165, 1.54) is 0 Å². The highest BCUT2D eigenvalue weighted by Crippen LogP contribution is 2.23. The number of piperidine rings is 1. The van der Waals surface area contributed by atoms with Gasteiger partial charge in [0.15, 0.2) is 0 Å². The number of nitrogens with one attached hydrogen (secondary N) is 1. The maximum absolute atomic E-state index is 12.9. The standard InChI is InChI=1S/C24H25ClN4O2/c1-15-21(13-18-12-19(25)5-6-22(18)27-15)24(31)28-20-4-2-3-16(11-20)14-29-9-7-17(8-10-29)23(26)30/h2-6,11-13,17H,7-10,14H2,1H3,(H2,26,30)(H,28,31). The van der Waals surface area contributed by atoms with Crippen LogP contribution in [-0.4, -0.2) is 34.8 Å². The second kappa shape index (κ2) is 9.04. The largest absolute Gasteiger partial charge is 0.369 e. The van der Waals surface area contributed by atoms with E-state index in [4.69, 9.17) is 17.3 Å². The molecule has 3 aromatic rings. The number of amides is 2. The van der Waals surface area contributed by atoms with Crippen LogP contribution in [0.2, 0.25) is 5.02 Å². The van der Waals surface area contributed by atoms with Crippen LogP contribution in [0.15, 0.2) is 48.5 Å². The third-order valence-electron chi connectivity index (χ3n) is 5.79. The lowest BCUT2D eigenvalue weighted by atomic mass is 9.96. The molecule has 6 nitrogen and oxygen atoms in total. The molecule has 1 aliphatic heterocycles. The Morgan fingerprint density at radius 3 is 2.68 bits per heavy atom. The second-order valence-corrected chi connectivity index (χ2v) is 8.50. The zero-order valence-electron chi connectivity index (χ0n) is 17.4. The summed E-state index contributed by atoms with van der Waals surface area (Å²) >= 11 is 6.09. The number of halogens is 1. The topological polar surface area (TPSA) is 88.3 Å². The molecule has 2 heterocycles. The molecule has 0 radical (unpaired) electrons. The van der Waals surface area contributed by atoms with Crippen molar-refractivity contribution in [1.82, 2.24) is 9.88 Å². The minimum absolute atomic E-state index is 0.0180. The van der Waals surface area contributed by atoms with Crippen LogP contribution in [-0.2, 0) is 11.3 Å². The van der Waals surface area contributed by atoms with Crippen LogP contribution in [0.4, 0.5) is 5.69 Å². The van der Waals surface area contributed by atoms with Gasteiger partial charge in [-0.15, -0.1) is 0 Å². The third-order valence-corrected chi connectivity index (χ3v) is 6.03. The Morgan fingerprint density at radius 2 is 1.94 bits per heavy atom. The molecule has 1 saturated heterocycles. The van der Waals surface area contributed by atoms with Crippen LogP contribution >= 0.6 is 11.6 Å². The van der Waals surface area contributed by atoms with Crippen LogP contribution in [0, 0.1) is 12.8 Å². The summed E-state index contributed by atoms with van der Waals surface area (Å²) in [4.78, 5) is 31.1. The molecule has 2 aromatic carbocycles. The van der Waals surface area contributed by atoms with Gasteiger partial charge in [-0.1, -0.05) is 23.7 Å². The number of rotatable bonds is 5. The Kier molecular flexibility index (Phi) is 6.20. The quantitative estimate of drug-likeness (QED) is 0.629. The molecule has 31 heavy (non-hydrogen) atoms. The molecule has 3 N–H and O–H groups in total. The lowest BCUT2D eigenvalue weighted by molar-refractivity contribution is -0.123. The highest BCUT2D eigenvalue weighted by molar-refractivity contribution is 6.31. The van der Waals surface area contributed by atoms with E-state index in [9.17, 15) is 9.59 Å². The molecule has 1 fully saturated rings. The Hall–Kier alpha value is -2.96. The fourth-order valence-electron chi connectivity index (χ4n) is 4.05. The SMILES string of the molecule is Cc1nc2ccc(Cl)cc2cc1C(=O)Nc1cccc(CN2CCC(C(N)=O)CC2)c1. The maximum Gasteiger partial charge on any atom is 0.257 e. The fourth-order valence-corrected chi connectivity index (χ4v) is 4.23. The van der Waals surface area contributed by atoms with Gasteiger partial charge in [-0.25, -0.2) is 0 Å². The van der Waals surface area contributed by atoms with Gasteiger partial charge in [0.1, 0.15) is 0 Å². The average Bonchev–Trinajstić information content (AvgIpc) is 2.74. The zero-order chi connectivity index (χ0) is 22.0. The lowest BCUT2D eigenvalue weighted by Crippen LogP contribution is -2.38. The molecular weight excluding hydrogens is 412 g/mol. The van der Waals surface area contributed by atoms with Crippen molar-refractivity contribution in [2.75, 3.05) is 18.4 Å². The number of carbonyl (C=O) groups excluding carboxylic acids is 2. The van der Waals surface area contributed by atoms with Crippen molar-refractivity contribution in [3.63, 3.8) is 0 Å². The van der Waals surface area contributed by atoms with E-state index in [-0.39, 0.29) is 17.7 Å². The van der Waals surface area contributed by atoms with Gasteiger partial charge in [-0.3, -0.25) is 19.5 Å². The van der Waals surface area contributed by atoms with Crippen LogP contribution in [0.3, 0.4) is 0 Å². The van der Waals surface area contributed by atoms with E-state index >= 15 is 0 Å². The first-order chi connectivity index (χ1) is 14.9. The summed E-state index contributed by atoms with van der Waals surface area (Å²) < 4.78 is 0. The number of hydrogen-bond acceptors (Lipinski definition) is 4. The summed E-state index contributed by atoms with van der Waals surface area (Å²) in [5, 5.41) is 4.42. The number of fused-ring (bicyclic) bond motifs is 1. The highest BCUT2D eigenvalue weighted by Gasteiger charge is 2.23. The third kappa shape index (κ3) is 5.03. The molecule has 0 aliphatic carbocycles. The Labute approximate surface area is 186 Å². The van der Waals surface area contributed by atoms with Gasteiger partial charge in [0.2, 0.25) is 5.91 Å². The molecule has 1 aliphatic rings. The maximum atomic E-state index is 12.9. The van der Waals surface area contributed by atoms with Crippen molar-refractivity contribution in [2.24, 2.45) is 11.7 Å². The van der Waals surface area contributed by atoms with Crippen molar-refractivity contribution >= 4 is 40.0 Å². The first-order valence-electron chi connectivity index (χ1n) is 10.4. The molecular formula is C24H25ClN4O2. The number of primary amides is 1. The van der Waals surface area contributed by atoms with E-state index in [0.29, 0.717) is 16.3 Å². The summed E-state index contributed by atoms with van der Waals surface area (Å²) in [5.41, 5.74) is 9.26. The monoisotopic (exact) mass is 436 g/mol. The minimum atomic E-state index is -0.204. The summed E-state index contributed by atoms with van der Waals surface area (Å²) in [6.45, 7) is 4.28. The number of nitrogens with two attached hydrogens (primary N) is 1. The number of pyridine rings is 1. The Bertz CT molecular complexity index is 1140. The van der Waals surface area contributed by atoms with Crippen molar-refractivity contribution in [3.8, 4) is 0 Å². The summed E-state index contributed by atoms with van der Waals surface area (Å²) in [6.07, 6.45) is 1.59. The van der Waals surface area contributed by atoms with Crippen LogP contribution in [0.5, 0.6) is 0 Å². The summed E-state index contributed by atoms with van der Waals surface area (Å²) in [5.74, 6) is -0.424. The number of anilines is 1. The van der Waals surface area contributed by atoms with Crippen LogP contribution in [0.25, 0.3) is 10.9 Å². The summed E-state index contributed by atoms with van der Waals surface area (Å²) in [6, 6.07) is 15.1. The second-order valence-electron chi connectivity index (χ2n) is 8.07. The van der Waals surface area contributed by atoms with Crippen molar-refractivity contribution in [2.45, 2.75) is 26.3 Å². The summed E-state index contributed by atoms with van der Waals surface area (Å²) in [7, 11) is 0. The van der Waals surface area contributed by atoms with E-state index in [1.807, 2.05) is 49.4 Å². The van der Waals surface area contributed by atoms with Crippen LogP contribution < -0.4 is 11.1 Å². The molecule has 7 heteroatoms. The van der Waals surface area contributed by atoms with Gasteiger partial charge in [-0.05, 0) is 74.8 Å². The molecule has 0 unspecified atom stereocenters. The van der Waals surface area contributed by atoms with Gasteiger partial charge < -0.3 is 11.1 Å². The Balaban J connectivity index is 1.45. The predicted molar refractivity (Wildman–Crippen MR) is 123 cm³/mol. The molecule has 1 aromatic heterocycles. The lowest BCUT2D eigenvalue weighted by Gasteiger charge is -2.30. The van der Waals surface area contributed by atoms with E-state index in [2.05, 4.69) is 15.2 Å². The average molecular weight is 437 g/mol. The van der Waals surface area contributed by atoms with Gasteiger partial charge in [0.25, 0.3) is 5.91 Å². The number of benzene rings is 2. The number of aryl methyl sites for hydroxylation is 1. The Morgan fingerprint density at radius 1 is 1.16 bits per heavy atom. The smallest absolute Gasteiger partial charge is 0.257 e. The zero-order valence-corrected chi connectivity index (χ0v) is 18.2. The number of hydrogen-bond donors (Lipinski definition) is 2. The van der Waals surface area contributed by atoms with Gasteiger partial charge in [-0.2, -0.15) is 0 Å². The van der Waals surface area contributed by atoms with Crippen molar-refractivity contribution < 1.29 is 9.59 Å². The van der Waals surface area contributed by atoms with Gasteiger partial charge in [0.05, 0.1) is 16.8 Å². The molecule has 0 bridgehead atoms. The number of aromatic nitrogens is 1. The first kappa shape index (κ1) is 21.3. The van der Waals surface area contributed by atoms with Crippen LogP contribution in [0.1, 0.15) is 34.5 Å². The fraction of sp³-hybridized carbons (Fsp3) is 0.292.